The smallest absolute Gasteiger partial charge is 0.338 e. The van der Waals surface area contributed by atoms with Gasteiger partial charge in [-0.15, -0.1) is 12.4 Å². The van der Waals surface area contributed by atoms with Gasteiger partial charge in [0.15, 0.2) is 0 Å². The molecule has 5 heteroatoms. The molecular weight excluding hydrogens is 254 g/mol. The largest absolute Gasteiger partial charge is 0.490 e. The predicted octanol–water partition coefficient (Wildman–Crippen LogP) is 1.94. The Kier molecular flexibility index (Phi) is 5.44. The summed E-state index contributed by atoms with van der Waals surface area (Å²) in [6.07, 6.45) is 1.80. The number of carbonyl (C=O) groups is 1. The lowest BCUT2D eigenvalue weighted by molar-refractivity contribution is 0.0526. The van der Waals surface area contributed by atoms with E-state index in [0.717, 1.165) is 24.2 Å². The molecule has 1 heterocycles. The van der Waals surface area contributed by atoms with Crippen molar-refractivity contribution in [3.63, 3.8) is 0 Å². The van der Waals surface area contributed by atoms with Crippen LogP contribution in [0.2, 0.25) is 0 Å². The molecule has 4 nitrogen and oxygen atoms in total. The standard InChI is InChI=1S/C13H17NO3.ClH/c1-2-16-13(15)9-3-4-12-10(7-9)8-11(17-12)5-6-14;/h3-4,7,11H,2,5-6,8,14H2,1H3;1H. The van der Waals surface area contributed by atoms with Crippen LogP contribution < -0.4 is 10.5 Å². The molecule has 1 aromatic rings. The highest BCUT2D eigenvalue weighted by molar-refractivity contribution is 5.90. The average molecular weight is 272 g/mol. The van der Waals surface area contributed by atoms with Crippen molar-refractivity contribution in [2.24, 2.45) is 5.73 Å². The molecule has 2 rings (SSSR count). The van der Waals surface area contributed by atoms with E-state index in [1.807, 2.05) is 12.1 Å². The van der Waals surface area contributed by atoms with Gasteiger partial charge in [-0.25, -0.2) is 4.79 Å². The fourth-order valence-electron chi connectivity index (χ4n) is 2.01. The van der Waals surface area contributed by atoms with E-state index in [1.165, 1.54) is 0 Å². The van der Waals surface area contributed by atoms with Gasteiger partial charge in [-0.05, 0) is 43.7 Å². The lowest BCUT2D eigenvalue weighted by Gasteiger charge is -2.07. The summed E-state index contributed by atoms with van der Waals surface area (Å²) in [5, 5.41) is 0. The summed E-state index contributed by atoms with van der Waals surface area (Å²) in [6, 6.07) is 5.42. The number of halogens is 1. The average Bonchev–Trinajstić information content (AvgIpc) is 2.71. The summed E-state index contributed by atoms with van der Waals surface area (Å²) in [4.78, 5) is 11.6. The van der Waals surface area contributed by atoms with Gasteiger partial charge in [0.1, 0.15) is 11.9 Å². The maximum absolute atomic E-state index is 11.6. The molecule has 0 saturated heterocycles. The van der Waals surface area contributed by atoms with E-state index in [0.29, 0.717) is 18.7 Å². The Morgan fingerprint density at radius 3 is 3.00 bits per heavy atom. The van der Waals surface area contributed by atoms with E-state index in [-0.39, 0.29) is 24.5 Å². The van der Waals surface area contributed by atoms with E-state index >= 15 is 0 Å². The maximum Gasteiger partial charge on any atom is 0.338 e. The second-order valence-corrected chi connectivity index (χ2v) is 4.06. The molecule has 1 aromatic carbocycles. The highest BCUT2D eigenvalue weighted by Gasteiger charge is 2.23. The van der Waals surface area contributed by atoms with Crippen LogP contribution in [0, 0.1) is 0 Å². The predicted molar refractivity (Wildman–Crippen MR) is 71.4 cm³/mol. The van der Waals surface area contributed by atoms with Crippen LogP contribution in [0.4, 0.5) is 0 Å². The van der Waals surface area contributed by atoms with Crippen LogP contribution in [0.15, 0.2) is 18.2 Å². The van der Waals surface area contributed by atoms with E-state index < -0.39 is 0 Å². The van der Waals surface area contributed by atoms with E-state index in [4.69, 9.17) is 15.2 Å². The van der Waals surface area contributed by atoms with Gasteiger partial charge < -0.3 is 15.2 Å². The van der Waals surface area contributed by atoms with Crippen LogP contribution in [-0.4, -0.2) is 25.2 Å². The topological polar surface area (TPSA) is 61.5 Å². The highest BCUT2D eigenvalue weighted by atomic mass is 35.5. The Balaban J connectivity index is 0.00000162. The van der Waals surface area contributed by atoms with Crippen molar-refractivity contribution < 1.29 is 14.3 Å². The zero-order valence-electron chi connectivity index (χ0n) is 10.3. The first-order valence-corrected chi connectivity index (χ1v) is 5.91. The van der Waals surface area contributed by atoms with Crippen LogP contribution in [0.25, 0.3) is 0 Å². The first-order chi connectivity index (χ1) is 8.24. The number of ether oxygens (including phenoxy) is 2. The van der Waals surface area contributed by atoms with Gasteiger partial charge in [-0.1, -0.05) is 0 Å². The third-order valence-electron chi connectivity index (χ3n) is 2.80. The first-order valence-electron chi connectivity index (χ1n) is 5.91. The molecule has 1 aliphatic heterocycles. The van der Waals surface area contributed by atoms with Crippen LogP contribution >= 0.6 is 12.4 Å². The van der Waals surface area contributed by atoms with Gasteiger partial charge in [-0.2, -0.15) is 0 Å². The van der Waals surface area contributed by atoms with Crippen LogP contribution in [-0.2, 0) is 11.2 Å². The summed E-state index contributed by atoms with van der Waals surface area (Å²) < 4.78 is 10.7. The molecule has 1 atom stereocenters. The summed E-state index contributed by atoms with van der Waals surface area (Å²) in [6.45, 7) is 2.80. The number of esters is 1. The van der Waals surface area contributed by atoms with Crippen molar-refractivity contribution in [3.05, 3.63) is 29.3 Å². The third kappa shape index (κ3) is 3.15. The molecule has 1 aliphatic rings. The van der Waals surface area contributed by atoms with Crippen LogP contribution in [0.5, 0.6) is 5.75 Å². The molecule has 0 saturated carbocycles. The number of rotatable bonds is 4. The zero-order valence-corrected chi connectivity index (χ0v) is 11.2. The molecule has 2 N–H and O–H groups in total. The van der Waals surface area contributed by atoms with Crippen molar-refractivity contribution in [1.82, 2.24) is 0 Å². The Labute approximate surface area is 113 Å². The van der Waals surface area contributed by atoms with Gasteiger partial charge in [0.05, 0.1) is 12.2 Å². The molecule has 0 aliphatic carbocycles. The minimum absolute atomic E-state index is 0. The number of hydrogen-bond acceptors (Lipinski definition) is 4. The quantitative estimate of drug-likeness (QED) is 0.850. The van der Waals surface area contributed by atoms with Gasteiger partial charge in [0.2, 0.25) is 0 Å². The van der Waals surface area contributed by atoms with E-state index in [2.05, 4.69) is 0 Å². The first kappa shape index (κ1) is 14.8. The second-order valence-electron chi connectivity index (χ2n) is 4.06. The third-order valence-corrected chi connectivity index (χ3v) is 2.80. The fraction of sp³-hybridized carbons (Fsp3) is 0.462. The number of fused-ring (bicyclic) bond motifs is 1. The van der Waals surface area contributed by atoms with Gasteiger partial charge in [0.25, 0.3) is 0 Å². The molecular formula is C13H18ClNO3. The van der Waals surface area contributed by atoms with Crippen LogP contribution in [0.3, 0.4) is 0 Å². The molecule has 100 valence electrons. The highest BCUT2D eigenvalue weighted by Crippen LogP contribution is 2.30. The Morgan fingerprint density at radius 1 is 1.56 bits per heavy atom. The lowest BCUT2D eigenvalue weighted by atomic mass is 10.1. The van der Waals surface area contributed by atoms with E-state index in [1.54, 1.807) is 13.0 Å². The minimum atomic E-state index is -0.280. The summed E-state index contributed by atoms with van der Waals surface area (Å²) in [7, 11) is 0. The number of carbonyl (C=O) groups excluding carboxylic acids is 1. The van der Waals surface area contributed by atoms with Gasteiger partial charge in [-0.3, -0.25) is 0 Å². The van der Waals surface area contributed by atoms with Crippen molar-refractivity contribution in [2.45, 2.75) is 25.9 Å². The number of hydrogen-bond donors (Lipinski definition) is 1. The van der Waals surface area contributed by atoms with Gasteiger partial charge in [0, 0.05) is 6.42 Å². The SMILES string of the molecule is CCOC(=O)c1ccc2c(c1)CC(CCN)O2.Cl. The number of nitrogens with two attached hydrogens (primary N) is 1. The van der Waals surface area contributed by atoms with Crippen molar-refractivity contribution in [2.75, 3.05) is 13.2 Å². The molecule has 18 heavy (non-hydrogen) atoms. The molecule has 0 fully saturated rings. The van der Waals surface area contributed by atoms with Gasteiger partial charge >= 0.3 is 5.97 Å². The second kappa shape index (κ2) is 6.61. The van der Waals surface area contributed by atoms with E-state index in [9.17, 15) is 4.79 Å². The molecule has 0 radical (unpaired) electrons. The molecule has 0 amide bonds. The monoisotopic (exact) mass is 271 g/mol. The lowest BCUT2D eigenvalue weighted by Crippen LogP contribution is -2.17. The Morgan fingerprint density at radius 2 is 2.33 bits per heavy atom. The molecule has 0 spiro atoms. The Hall–Kier alpha value is -1.26. The van der Waals surface area contributed by atoms with Crippen LogP contribution in [0.1, 0.15) is 29.3 Å². The summed E-state index contributed by atoms with van der Waals surface area (Å²) in [5.41, 5.74) is 7.16. The number of benzene rings is 1. The fourth-order valence-corrected chi connectivity index (χ4v) is 2.01. The normalized spacial score (nSPS) is 16.4. The summed E-state index contributed by atoms with van der Waals surface area (Å²) in [5.74, 6) is 0.578. The molecule has 0 aromatic heterocycles. The van der Waals surface area contributed by atoms with Crippen molar-refractivity contribution >= 4 is 18.4 Å². The molecule has 1 unspecified atom stereocenters. The molecule has 0 bridgehead atoms. The van der Waals surface area contributed by atoms with Crippen molar-refractivity contribution in [3.8, 4) is 5.75 Å². The summed E-state index contributed by atoms with van der Waals surface area (Å²) >= 11 is 0. The minimum Gasteiger partial charge on any atom is -0.490 e. The zero-order chi connectivity index (χ0) is 12.3. The maximum atomic E-state index is 11.6. The van der Waals surface area contributed by atoms with Crippen molar-refractivity contribution in [1.29, 1.82) is 0 Å². The Bertz CT molecular complexity index is 423.